The molecule has 9 heteroatoms. The molecule has 2 aromatic rings. The van der Waals surface area contributed by atoms with Crippen LogP contribution >= 0.6 is 0 Å². The highest BCUT2D eigenvalue weighted by molar-refractivity contribution is 5.93. The molecule has 0 heterocycles. The highest BCUT2D eigenvalue weighted by Gasteiger charge is 2.30. The summed E-state index contributed by atoms with van der Waals surface area (Å²) in [7, 11) is 5.97. The Balaban J connectivity index is 2.07. The number of methoxy groups -OCH3 is 4. The zero-order valence-corrected chi connectivity index (χ0v) is 21.4. The van der Waals surface area contributed by atoms with E-state index >= 15 is 0 Å². The second-order valence-corrected chi connectivity index (χ2v) is 8.57. The van der Waals surface area contributed by atoms with Crippen LogP contribution in [-0.4, -0.2) is 52.8 Å². The van der Waals surface area contributed by atoms with Crippen molar-refractivity contribution in [1.82, 2.24) is 10.6 Å². The second kappa shape index (κ2) is 11.6. The normalized spacial score (nSPS) is 13.8. The first kappa shape index (κ1) is 26.6. The molecule has 0 spiro atoms. The van der Waals surface area contributed by atoms with E-state index in [2.05, 4.69) is 10.6 Å². The summed E-state index contributed by atoms with van der Waals surface area (Å²) < 4.78 is 21.8. The van der Waals surface area contributed by atoms with Crippen molar-refractivity contribution < 1.29 is 33.3 Å². The van der Waals surface area contributed by atoms with Crippen molar-refractivity contribution in [2.75, 3.05) is 35.0 Å². The van der Waals surface area contributed by atoms with Crippen LogP contribution in [0, 0.1) is 0 Å². The van der Waals surface area contributed by atoms with Crippen LogP contribution in [0.3, 0.4) is 0 Å². The molecule has 0 aliphatic heterocycles. The summed E-state index contributed by atoms with van der Waals surface area (Å²) in [5.74, 6) is 0.311. The lowest BCUT2D eigenvalue weighted by atomic mass is 9.92. The summed E-state index contributed by atoms with van der Waals surface area (Å²) >= 11 is 0. The van der Waals surface area contributed by atoms with Crippen molar-refractivity contribution in [3.63, 3.8) is 0 Å². The van der Waals surface area contributed by atoms with E-state index in [1.807, 2.05) is 12.1 Å². The van der Waals surface area contributed by atoms with E-state index in [1.165, 1.54) is 20.3 Å². The van der Waals surface area contributed by atoms with Gasteiger partial charge in [-0.05, 0) is 61.6 Å². The average molecular weight is 497 g/mol. The van der Waals surface area contributed by atoms with Crippen molar-refractivity contribution in [3.05, 3.63) is 52.6 Å². The predicted octanol–water partition coefficient (Wildman–Crippen LogP) is 3.35. The average Bonchev–Trinajstić information content (AvgIpc) is 3.01. The Hall–Kier alpha value is -4.01. The van der Waals surface area contributed by atoms with Gasteiger partial charge in [-0.25, -0.2) is 4.79 Å². The van der Waals surface area contributed by atoms with Gasteiger partial charge >= 0.3 is 5.97 Å². The number of amides is 2. The molecule has 0 saturated heterocycles. The van der Waals surface area contributed by atoms with Gasteiger partial charge in [0.15, 0.2) is 11.5 Å². The van der Waals surface area contributed by atoms with E-state index in [0.717, 1.165) is 27.8 Å². The fourth-order valence-electron chi connectivity index (χ4n) is 4.35. The summed E-state index contributed by atoms with van der Waals surface area (Å²) in [5, 5.41) is 5.60. The van der Waals surface area contributed by atoms with Crippen molar-refractivity contribution in [2.45, 2.75) is 32.7 Å². The highest BCUT2D eigenvalue weighted by Crippen LogP contribution is 2.50. The molecule has 1 aliphatic carbocycles. The number of benzene rings is 2. The summed E-state index contributed by atoms with van der Waals surface area (Å²) in [6.45, 7) is 3.43. The molecule has 1 atom stereocenters. The molecule has 0 aromatic heterocycles. The first-order chi connectivity index (χ1) is 17.2. The lowest BCUT2D eigenvalue weighted by molar-refractivity contribution is -0.124. The Kier molecular flexibility index (Phi) is 8.58. The third kappa shape index (κ3) is 5.62. The highest BCUT2D eigenvalue weighted by atomic mass is 16.5. The lowest BCUT2D eigenvalue weighted by Crippen LogP contribution is -2.38. The number of rotatable bonds is 8. The van der Waals surface area contributed by atoms with Gasteiger partial charge in [0.25, 0.3) is 0 Å². The molecule has 0 bridgehead atoms. The third-order valence-electron chi connectivity index (χ3n) is 5.91. The summed E-state index contributed by atoms with van der Waals surface area (Å²) in [6, 6.07) is 6.67. The van der Waals surface area contributed by atoms with E-state index in [4.69, 9.17) is 18.9 Å². The maximum atomic E-state index is 12.8. The fraction of sp³-hybridized carbons (Fsp3) is 0.370. The van der Waals surface area contributed by atoms with Crippen molar-refractivity contribution in [1.29, 1.82) is 0 Å². The van der Waals surface area contributed by atoms with E-state index < -0.39 is 12.0 Å². The largest absolute Gasteiger partial charge is 0.493 e. The van der Waals surface area contributed by atoms with Gasteiger partial charge < -0.3 is 29.6 Å². The van der Waals surface area contributed by atoms with Gasteiger partial charge in [-0.15, -0.1) is 0 Å². The molecule has 0 radical (unpaired) electrons. The molecule has 3 rings (SSSR count). The SMILES string of the molecule is COC(=O)c1ccc2c(c1)[C@@H](NC(=O)CNC(=O)C=C(C)C)CCc1cc(OC)c(OC)c(OC)c1-2. The summed E-state index contributed by atoms with van der Waals surface area (Å²) in [4.78, 5) is 37.0. The maximum absolute atomic E-state index is 12.8. The van der Waals surface area contributed by atoms with Crippen LogP contribution in [0.2, 0.25) is 0 Å². The van der Waals surface area contributed by atoms with Crippen LogP contribution in [0.25, 0.3) is 11.1 Å². The first-order valence-corrected chi connectivity index (χ1v) is 11.5. The van der Waals surface area contributed by atoms with E-state index in [9.17, 15) is 14.4 Å². The topological polar surface area (TPSA) is 112 Å². The Morgan fingerprint density at radius 2 is 1.72 bits per heavy atom. The fourth-order valence-corrected chi connectivity index (χ4v) is 4.35. The number of hydrogen-bond acceptors (Lipinski definition) is 7. The number of carbonyl (C=O) groups is 3. The Labute approximate surface area is 210 Å². The molecule has 2 aromatic carbocycles. The summed E-state index contributed by atoms with van der Waals surface area (Å²) in [6.07, 6.45) is 2.56. The Morgan fingerprint density at radius 1 is 1.00 bits per heavy atom. The monoisotopic (exact) mass is 496 g/mol. The molecule has 0 unspecified atom stereocenters. The third-order valence-corrected chi connectivity index (χ3v) is 5.91. The Morgan fingerprint density at radius 3 is 2.33 bits per heavy atom. The number of aryl methyl sites for hydroxylation is 1. The number of ether oxygens (including phenoxy) is 4. The number of nitrogens with one attached hydrogen (secondary N) is 2. The minimum absolute atomic E-state index is 0.178. The van der Waals surface area contributed by atoms with E-state index in [-0.39, 0.29) is 18.4 Å². The lowest BCUT2D eigenvalue weighted by Gasteiger charge is -2.22. The van der Waals surface area contributed by atoms with Gasteiger partial charge in [0.05, 0.1) is 46.6 Å². The van der Waals surface area contributed by atoms with Crippen LogP contribution in [0.1, 0.15) is 47.8 Å². The molecular formula is C27H32N2O7. The standard InChI is InChI=1S/C27H32N2O7/c1-15(2)11-22(30)28-14-23(31)29-20-10-8-16-13-21(33-3)25(34-4)26(35-5)24(16)18-9-7-17(12-19(18)20)27(32)36-6/h7,9,11-13,20H,8,10,14H2,1-6H3,(H,28,30)(H,29,31)/t20-/m0/s1. The number of carbonyl (C=O) groups excluding carboxylic acids is 3. The smallest absolute Gasteiger partial charge is 0.337 e. The van der Waals surface area contributed by atoms with Gasteiger partial charge in [-0.3, -0.25) is 9.59 Å². The van der Waals surface area contributed by atoms with Crippen molar-refractivity contribution >= 4 is 17.8 Å². The number of allylic oxidation sites excluding steroid dienone is 1. The van der Waals surface area contributed by atoms with Crippen molar-refractivity contribution in [3.8, 4) is 28.4 Å². The first-order valence-electron chi connectivity index (χ1n) is 11.5. The summed E-state index contributed by atoms with van der Waals surface area (Å²) in [5.41, 5.74) is 4.45. The van der Waals surface area contributed by atoms with Crippen LogP contribution in [0.15, 0.2) is 35.9 Å². The van der Waals surface area contributed by atoms with Crippen LogP contribution in [0.5, 0.6) is 17.2 Å². The Bertz CT molecular complexity index is 1200. The predicted molar refractivity (Wildman–Crippen MR) is 135 cm³/mol. The number of esters is 1. The molecule has 192 valence electrons. The zero-order chi connectivity index (χ0) is 26.4. The van der Waals surface area contributed by atoms with Crippen molar-refractivity contribution in [2.24, 2.45) is 0 Å². The van der Waals surface area contributed by atoms with Crippen LogP contribution in [-0.2, 0) is 20.7 Å². The van der Waals surface area contributed by atoms with Gasteiger partial charge in [0, 0.05) is 11.6 Å². The molecular weight excluding hydrogens is 464 g/mol. The van der Waals surface area contributed by atoms with E-state index in [1.54, 1.807) is 40.2 Å². The number of fused-ring (bicyclic) bond motifs is 3. The molecule has 2 N–H and O–H groups in total. The van der Waals surface area contributed by atoms with Crippen LogP contribution in [0.4, 0.5) is 0 Å². The minimum atomic E-state index is -0.486. The molecule has 0 fully saturated rings. The van der Waals surface area contributed by atoms with E-state index in [0.29, 0.717) is 35.7 Å². The van der Waals surface area contributed by atoms with Gasteiger partial charge in [0.1, 0.15) is 0 Å². The molecule has 9 nitrogen and oxygen atoms in total. The molecule has 0 saturated carbocycles. The number of hydrogen-bond donors (Lipinski definition) is 2. The van der Waals surface area contributed by atoms with Crippen LogP contribution < -0.4 is 24.8 Å². The van der Waals surface area contributed by atoms with Gasteiger partial charge in [-0.1, -0.05) is 11.6 Å². The zero-order valence-electron chi connectivity index (χ0n) is 21.4. The molecule has 2 amide bonds. The molecule has 36 heavy (non-hydrogen) atoms. The van der Waals surface area contributed by atoms with Gasteiger partial charge in [-0.2, -0.15) is 0 Å². The van der Waals surface area contributed by atoms with Gasteiger partial charge in [0.2, 0.25) is 17.6 Å². The minimum Gasteiger partial charge on any atom is -0.493 e. The quantitative estimate of drug-likeness (QED) is 0.426. The molecule has 1 aliphatic rings. The maximum Gasteiger partial charge on any atom is 0.337 e. The second-order valence-electron chi connectivity index (χ2n) is 8.57.